The number of likely N-dealkylation sites (tertiary alicyclic amines) is 1. The van der Waals surface area contributed by atoms with Gasteiger partial charge in [0.2, 0.25) is 11.8 Å². The summed E-state index contributed by atoms with van der Waals surface area (Å²) in [5.74, 6) is 0.823. The van der Waals surface area contributed by atoms with E-state index in [0.717, 1.165) is 50.4 Å². The second-order valence-electron chi connectivity index (χ2n) is 10.2. The molecule has 6 nitrogen and oxygen atoms in total. The maximum Gasteiger partial charge on any atom is 0.237 e. The fourth-order valence-electron chi connectivity index (χ4n) is 4.46. The van der Waals surface area contributed by atoms with Crippen LogP contribution in [0.15, 0.2) is 48.8 Å². The molecule has 3 heterocycles. The van der Waals surface area contributed by atoms with Crippen LogP contribution in [0.25, 0.3) is 0 Å². The van der Waals surface area contributed by atoms with Crippen molar-refractivity contribution in [2.24, 2.45) is 11.3 Å². The van der Waals surface area contributed by atoms with Crippen molar-refractivity contribution in [3.05, 3.63) is 54.4 Å². The lowest BCUT2D eigenvalue weighted by Crippen LogP contribution is -2.51. The molecule has 0 spiro atoms. The molecule has 6 heteroatoms. The van der Waals surface area contributed by atoms with Crippen LogP contribution in [0.5, 0.6) is 0 Å². The number of pyridine rings is 1. The van der Waals surface area contributed by atoms with Gasteiger partial charge in [0.05, 0.1) is 17.8 Å². The second-order valence-corrected chi connectivity index (χ2v) is 10.2. The zero-order chi connectivity index (χ0) is 22.7. The fraction of sp³-hybridized carbons (Fsp3) is 0.500. The first-order chi connectivity index (χ1) is 15.3. The summed E-state index contributed by atoms with van der Waals surface area (Å²) in [7, 11) is 0. The van der Waals surface area contributed by atoms with Gasteiger partial charge in [-0.05, 0) is 54.0 Å². The molecule has 2 aromatic rings. The lowest BCUT2D eigenvalue weighted by Gasteiger charge is -2.34. The van der Waals surface area contributed by atoms with Crippen LogP contribution < -0.4 is 10.2 Å². The highest BCUT2D eigenvalue weighted by molar-refractivity contribution is 6.02. The summed E-state index contributed by atoms with van der Waals surface area (Å²) in [6.07, 6.45) is 6.02. The van der Waals surface area contributed by atoms with Crippen molar-refractivity contribution in [3.63, 3.8) is 0 Å². The standard InChI is InChI=1S/C26H34N4O2/c1-26(2,3)15-24(31)29-13-10-20(11-14-29)19-6-8-22(9-7-19)30(23-5-4-12-27-18-23)25(32)21-16-28-17-21/h4-9,12,18,20-21,28H,10-11,13-17H2,1-3H3. The molecule has 32 heavy (non-hydrogen) atoms. The van der Waals surface area contributed by atoms with E-state index in [2.05, 4.69) is 43.2 Å². The minimum Gasteiger partial charge on any atom is -0.343 e. The van der Waals surface area contributed by atoms with Crippen LogP contribution in [0, 0.1) is 11.3 Å². The molecular formula is C26H34N4O2. The lowest BCUT2D eigenvalue weighted by atomic mass is 9.87. The molecule has 0 radical (unpaired) electrons. The molecule has 0 unspecified atom stereocenters. The Labute approximate surface area is 191 Å². The highest BCUT2D eigenvalue weighted by Gasteiger charge is 2.31. The molecule has 0 bridgehead atoms. The van der Waals surface area contributed by atoms with Gasteiger partial charge in [0, 0.05) is 44.5 Å². The summed E-state index contributed by atoms with van der Waals surface area (Å²) >= 11 is 0. The minimum absolute atomic E-state index is 0.00449. The Morgan fingerprint density at radius 3 is 2.28 bits per heavy atom. The minimum atomic E-state index is 0.00449. The van der Waals surface area contributed by atoms with E-state index < -0.39 is 0 Å². The van der Waals surface area contributed by atoms with E-state index in [1.165, 1.54) is 5.56 Å². The molecule has 0 aliphatic carbocycles. The van der Waals surface area contributed by atoms with Gasteiger partial charge in [-0.15, -0.1) is 0 Å². The first-order valence-corrected chi connectivity index (χ1v) is 11.6. The number of benzene rings is 1. The first-order valence-electron chi connectivity index (χ1n) is 11.6. The molecule has 0 saturated carbocycles. The third kappa shape index (κ3) is 5.18. The van der Waals surface area contributed by atoms with E-state index in [9.17, 15) is 9.59 Å². The second kappa shape index (κ2) is 9.41. The number of hydrogen-bond donors (Lipinski definition) is 1. The maximum absolute atomic E-state index is 13.1. The summed E-state index contributed by atoms with van der Waals surface area (Å²) in [4.78, 5) is 33.7. The van der Waals surface area contributed by atoms with Crippen molar-refractivity contribution in [1.29, 1.82) is 0 Å². The molecule has 2 aliphatic rings. The summed E-state index contributed by atoms with van der Waals surface area (Å²) < 4.78 is 0. The summed E-state index contributed by atoms with van der Waals surface area (Å²) in [6.45, 7) is 9.41. The number of rotatable bonds is 5. The molecule has 4 rings (SSSR count). The normalized spacial score (nSPS) is 17.7. The fourth-order valence-corrected chi connectivity index (χ4v) is 4.46. The number of carbonyl (C=O) groups excluding carboxylic acids is 2. The first kappa shape index (κ1) is 22.5. The molecule has 2 aliphatic heterocycles. The van der Waals surface area contributed by atoms with Crippen molar-refractivity contribution in [2.45, 2.75) is 46.0 Å². The highest BCUT2D eigenvalue weighted by Crippen LogP contribution is 2.33. The third-order valence-corrected chi connectivity index (χ3v) is 6.41. The van der Waals surface area contributed by atoms with Crippen molar-refractivity contribution in [3.8, 4) is 0 Å². The smallest absolute Gasteiger partial charge is 0.237 e. The van der Waals surface area contributed by atoms with Crippen LogP contribution in [-0.2, 0) is 9.59 Å². The van der Waals surface area contributed by atoms with Crippen LogP contribution in [0.4, 0.5) is 11.4 Å². The van der Waals surface area contributed by atoms with Gasteiger partial charge in [-0.2, -0.15) is 0 Å². The van der Waals surface area contributed by atoms with Gasteiger partial charge >= 0.3 is 0 Å². The number of nitrogens with one attached hydrogen (secondary N) is 1. The predicted octanol–water partition coefficient (Wildman–Crippen LogP) is 4.11. The monoisotopic (exact) mass is 434 g/mol. The number of piperidine rings is 1. The average molecular weight is 435 g/mol. The van der Waals surface area contributed by atoms with E-state index in [4.69, 9.17) is 0 Å². The van der Waals surface area contributed by atoms with E-state index >= 15 is 0 Å². The van der Waals surface area contributed by atoms with Crippen molar-refractivity contribution in [1.82, 2.24) is 15.2 Å². The van der Waals surface area contributed by atoms with E-state index in [0.29, 0.717) is 12.3 Å². The van der Waals surface area contributed by atoms with Crippen LogP contribution in [-0.4, -0.2) is 47.9 Å². The SMILES string of the molecule is CC(C)(C)CC(=O)N1CCC(c2ccc(N(C(=O)C3CNC3)c3cccnc3)cc2)CC1. The van der Waals surface area contributed by atoms with Crippen LogP contribution >= 0.6 is 0 Å². The number of nitrogens with zero attached hydrogens (tertiary/aromatic N) is 3. The van der Waals surface area contributed by atoms with E-state index in [1.807, 2.05) is 29.2 Å². The Morgan fingerprint density at radius 1 is 1.06 bits per heavy atom. The van der Waals surface area contributed by atoms with Gasteiger partial charge in [0.1, 0.15) is 0 Å². The Balaban J connectivity index is 1.44. The van der Waals surface area contributed by atoms with Crippen molar-refractivity contribution >= 4 is 23.2 Å². The molecule has 2 amide bonds. The van der Waals surface area contributed by atoms with E-state index in [1.54, 1.807) is 17.3 Å². The molecule has 1 aromatic carbocycles. The zero-order valence-corrected chi connectivity index (χ0v) is 19.4. The maximum atomic E-state index is 13.1. The summed E-state index contributed by atoms with van der Waals surface area (Å²) in [5.41, 5.74) is 2.97. The van der Waals surface area contributed by atoms with Crippen LogP contribution in [0.2, 0.25) is 0 Å². The van der Waals surface area contributed by atoms with Gasteiger partial charge in [-0.3, -0.25) is 19.5 Å². The van der Waals surface area contributed by atoms with Gasteiger partial charge in [0.15, 0.2) is 0 Å². The molecule has 1 aromatic heterocycles. The number of carbonyl (C=O) groups is 2. The van der Waals surface area contributed by atoms with Crippen molar-refractivity contribution < 1.29 is 9.59 Å². The molecule has 2 saturated heterocycles. The third-order valence-electron chi connectivity index (χ3n) is 6.41. The molecule has 0 atom stereocenters. The lowest BCUT2D eigenvalue weighted by molar-refractivity contribution is -0.134. The number of amides is 2. The zero-order valence-electron chi connectivity index (χ0n) is 19.4. The Kier molecular flexibility index (Phi) is 6.60. The molecule has 1 N–H and O–H groups in total. The molecule has 170 valence electrons. The quantitative estimate of drug-likeness (QED) is 0.769. The number of hydrogen-bond acceptors (Lipinski definition) is 4. The molecular weight excluding hydrogens is 400 g/mol. The predicted molar refractivity (Wildman–Crippen MR) is 127 cm³/mol. The van der Waals surface area contributed by atoms with Crippen LogP contribution in [0.1, 0.15) is 51.5 Å². The Hall–Kier alpha value is -2.73. The average Bonchev–Trinajstić information content (AvgIpc) is 2.73. The number of aromatic nitrogens is 1. The Bertz CT molecular complexity index is 925. The van der Waals surface area contributed by atoms with Crippen molar-refractivity contribution in [2.75, 3.05) is 31.1 Å². The topological polar surface area (TPSA) is 65.5 Å². The highest BCUT2D eigenvalue weighted by atomic mass is 16.2. The van der Waals surface area contributed by atoms with Crippen LogP contribution in [0.3, 0.4) is 0 Å². The Morgan fingerprint density at radius 2 is 1.75 bits per heavy atom. The summed E-state index contributed by atoms with van der Waals surface area (Å²) in [6, 6.07) is 12.2. The van der Waals surface area contributed by atoms with E-state index in [-0.39, 0.29) is 23.1 Å². The van der Waals surface area contributed by atoms with Gasteiger partial charge in [-0.25, -0.2) is 0 Å². The van der Waals surface area contributed by atoms with Gasteiger partial charge in [0.25, 0.3) is 0 Å². The van der Waals surface area contributed by atoms with Gasteiger partial charge in [-0.1, -0.05) is 32.9 Å². The largest absolute Gasteiger partial charge is 0.343 e. The molecule has 2 fully saturated rings. The number of anilines is 2. The summed E-state index contributed by atoms with van der Waals surface area (Å²) in [5, 5.41) is 3.18. The van der Waals surface area contributed by atoms with Gasteiger partial charge < -0.3 is 10.2 Å².